The fourth-order valence-electron chi connectivity index (χ4n) is 4.15. The van der Waals surface area contributed by atoms with Crippen LogP contribution in [0.4, 0.5) is 0 Å². The molecule has 38 heavy (non-hydrogen) atoms. The quantitative estimate of drug-likeness (QED) is 0.131. The highest BCUT2D eigenvalue weighted by molar-refractivity contribution is 6.09. The Morgan fingerprint density at radius 1 is 0.553 bits per heavy atom. The maximum absolute atomic E-state index is 12.7. The van der Waals surface area contributed by atoms with Gasteiger partial charge >= 0.3 is 23.9 Å². The second kappa shape index (κ2) is 18.4. The van der Waals surface area contributed by atoms with Crippen LogP contribution in [0.25, 0.3) is 0 Å². The number of aromatic carboxylic acids is 2. The molecular weight excluding hydrogens is 488 g/mol. The van der Waals surface area contributed by atoms with Gasteiger partial charge < -0.3 is 19.7 Å². The van der Waals surface area contributed by atoms with Crippen molar-refractivity contribution in [1.29, 1.82) is 0 Å². The van der Waals surface area contributed by atoms with Crippen molar-refractivity contribution in [1.82, 2.24) is 0 Å². The number of carbonyl (C=O) groups excluding carboxylic acids is 2. The Morgan fingerprint density at radius 2 is 0.868 bits per heavy atom. The highest BCUT2D eigenvalue weighted by atomic mass is 16.5. The number of benzene rings is 1. The Bertz CT molecular complexity index is 835. The monoisotopic (exact) mass is 534 g/mol. The molecule has 214 valence electrons. The molecule has 1 rings (SSSR count). The lowest BCUT2D eigenvalue weighted by atomic mass is 9.98. The summed E-state index contributed by atoms with van der Waals surface area (Å²) in [4.78, 5) is 48.8. The lowest BCUT2D eigenvalue weighted by Crippen LogP contribution is -2.19. The molecule has 0 saturated carbocycles. The Labute approximate surface area is 227 Å². The second-order valence-electron chi connectivity index (χ2n) is 10.7. The highest BCUT2D eigenvalue weighted by Crippen LogP contribution is 2.21. The first-order chi connectivity index (χ1) is 18.0. The lowest BCUT2D eigenvalue weighted by Gasteiger charge is -2.12. The van der Waals surface area contributed by atoms with Gasteiger partial charge in [-0.15, -0.1) is 0 Å². The molecule has 0 aliphatic rings. The number of rotatable bonds is 20. The van der Waals surface area contributed by atoms with Crippen LogP contribution < -0.4 is 0 Å². The molecule has 0 bridgehead atoms. The van der Waals surface area contributed by atoms with Gasteiger partial charge in [0.2, 0.25) is 0 Å². The van der Waals surface area contributed by atoms with Crippen molar-refractivity contribution in [2.24, 2.45) is 11.8 Å². The molecule has 0 atom stereocenters. The van der Waals surface area contributed by atoms with Crippen molar-refractivity contribution in [2.75, 3.05) is 13.2 Å². The fraction of sp³-hybridized carbons (Fsp3) is 0.667. The average Bonchev–Trinajstić information content (AvgIpc) is 2.85. The van der Waals surface area contributed by atoms with Gasteiger partial charge in [0.05, 0.1) is 35.5 Å². The summed E-state index contributed by atoms with van der Waals surface area (Å²) in [7, 11) is 0. The van der Waals surface area contributed by atoms with Crippen molar-refractivity contribution in [3.05, 3.63) is 34.4 Å². The van der Waals surface area contributed by atoms with E-state index in [4.69, 9.17) is 9.47 Å². The molecule has 0 spiro atoms. The van der Waals surface area contributed by atoms with Gasteiger partial charge in [-0.3, -0.25) is 0 Å². The molecule has 0 aliphatic heterocycles. The Hall–Kier alpha value is -2.90. The number of carboxylic acids is 2. The van der Waals surface area contributed by atoms with Gasteiger partial charge in [-0.05, 0) is 36.8 Å². The van der Waals surface area contributed by atoms with Crippen LogP contribution in [0.15, 0.2) is 12.1 Å². The van der Waals surface area contributed by atoms with E-state index in [9.17, 15) is 29.4 Å². The number of carboxylic acid groups (broad SMARTS) is 2. The van der Waals surface area contributed by atoms with Gasteiger partial charge in [0.15, 0.2) is 0 Å². The Morgan fingerprint density at radius 3 is 1.21 bits per heavy atom. The van der Waals surface area contributed by atoms with E-state index in [0.717, 1.165) is 63.5 Å². The van der Waals surface area contributed by atoms with E-state index in [1.54, 1.807) is 0 Å². The third kappa shape index (κ3) is 13.1. The second-order valence-corrected chi connectivity index (χ2v) is 10.7. The average molecular weight is 535 g/mol. The molecule has 0 radical (unpaired) electrons. The van der Waals surface area contributed by atoms with Gasteiger partial charge in [-0.25, -0.2) is 19.2 Å². The van der Waals surface area contributed by atoms with Crippen molar-refractivity contribution < 1.29 is 38.9 Å². The molecule has 2 N–H and O–H groups in total. The van der Waals surface area contributed by atoms with Crippen LogP contribution in [0.5, 0.6) is 0 Å². The van der Waals surface area contributed by atoms with Crippen LogP contribution in [0.1, 0.15) is 146 Å². The molecular formula is C30H46O8. The number of hydrogen-bond acceptors (Lipinski definition) is 6. The summed E-state index contributed by atoms with van der Waals surface area (Å²) < 4.78 is 10.5. The van der Waals surface area contributed by atoms with Crippen molar-refractivity contribution in [3.8, 4) is 0 Å². The predicted octanol–water partition coefficient (Wildman–Crippen LogP) is 7.39. The predicted molar refractivity (Wildman–Crippen MR) is 146 cm³/mol. The molecule has 0 aromatic heterocycles. The van der Waals surface area contributed by atoms with E-state index in [-0.39, 0.29) is 24.3 Å². The van der Waals surface area contributed by atoms with Crippen LogP contribution >= 0.6 is 0 Å². The molecule has 8 nitrogen and oxygen atoms in total. The van der Waals surface area contributed by atoms with Crippen molar-refractivity contribution in [3.63, 3.8) is 0 Å². The van der Waals surface area contributed by atoms with Crippen molar-refractivity contribution >= 4 is 23.9 Å². The molecule has 0 aliphatic carbocycles. The topological polar surface area (TPSA) is 127 Å². The molecule has 1 aromatic rings. The third-order valence-corrected chi connectivity index (χ3v) is 6.38. The summed E-state index contributed by atoms with van der Waals surface area (Å²) in [6.07, 6.45) is 12.0. The molecule has 0 amide bonds. The normalized spacial score (nSPS) is 11.1. The largest absolute Gasteiger partial charge is 0.478 e. The van der Waals surface area contributed by atoms with Crippen LogP contribution in [-0.4, -0.2) is 47.3 Å². The zero-order chi connectivity index (χ0) is 28.5. The van der Waals surface area contributed by atoms with E-state index in [1.165, 1.54) is 12.8 Å². The first kappa shape index (κ1) is 33.1. The minimum atomic E-state index is -1.48. The number of carbonyl (C=O) groups is 4. The van der Waals surface area contributed by atoms with Crippen LogP contribution in [0, 0.1) is 11.8 Å². The van der Waals surface area contributed by atoms with Gasteiger partial charge in [0.1, 0.15) is 0 Å². The number of unbranched alkanes of at least 4 members (excludes halogenated alkanes) is 8. The third-order valence-electron chi connectivity index (χ3n) is 6.38. The van der Waals surface area contributed by atoms with Gasteiger partial charge in [0, 0.05) is 0 Å². The van der Waals surface area contributed by atoms with Gasteiger partial charge in [0.25, 0.3) is 0 Å². The minimum Gasteiger partial charge on any atom is -0.478 e. The van der Waals surface area contributed by atoms with Gasteiger partial charge in [-0.1, -0.05) is 91.9 Å². The molecule has 1 aromatic carbocycles. The number of esters is 2. The number of hydrogen-bond donors (Lipinski definition) is 2. The maximum atomic E-state index is 12.7. The maximum Gasteiger partial charge on any atom is 0.339 e. The molecule has 8 heteroatoms. The molecule has 0 fully saturated rings. The first-order valence-electron chi connectivity index (χ1n) is 14.0. The zero-order valence-corrected chi connectivity index (χ0v) is 23.6. The van der Waals surface area contributed by atoms with Crippen molar-refractivity contribution in [2.45, 2.75) is 105 Å². The zero-order valence-electron chi connectivity index (χ0n) is 23.6. The van der Waals surface area contributed by atoms with E-state index in [2.05, 4.69) is 27.7 Å². The molecule has 0 heterocycles. The fourth-order valence-corrected chi connectivity index (χ4v) is 4.15. The van der Waals surface area contributed by atoms with Crippen LogP contribution in [0.3, 0.4) is 0 Å². The van der Waals surface area contributed by atoms with E-state index < -0.39 is 35.0 Å². The van der Waals surface area contributed by atoms with E-state index >= 15 is 0 Å². The summed E-state index contributed by atoms with van der Waals surface area (Å²) in [6.45, 7) is 8.98. The summed E-state index contributed by atoms with van der Waals surface area (Å²) >= 11 is 0. The minimum absolute atomic E-state index is 0.111. The lowest BCUT2D eigenvalue weighted by molar-refractivity contribution is 0.0479. The standard InChI is InChI=1S/C30H46O8/c1-21(2)15-11-7-5-9-13-17-37-29(35)25-20-26(24(28(33)34)19-23(25)27(31)32)30(36)38-18-14-10-6-8-12-16-22(3)4/h19-22H,5-18H2,1-4H3,(H,31,32)(H,33,34). The first-order valence-corrected chi connectivity index (χ1v) is 14.0. The summed E-state index contributed by atoms with van der Waals surface area (Å²) in [5.74, 6) is -3.43. The van der Waals surface area contributed by atoms with Gasteiger partial charge in [-0.2, -0.15) is 0 Å². The van der Waals surface area contributed by atoms with E-state index in [0.29, 0.717) is 24.7 Å². The van der Waals surface area contributed by atoms with Crippen LogP contribution in [0.2, 0.25) is 0 Å². The van der Waals surface area contributed by atoms with E-state index in [1.807, 2.05) is 0 Å². The van der Waals surface area contributed by atoms with Crippen LogP contribution in [-0.2, 0) is 9.47 Å². The summed E-state index contributed by atoms with van der Waals surface area (Å²) in [6, 6.07) is 1.79. The Kier molecular flexibility index (Phi) is 16.0. The summed E-state index contributed by atoms with van der Waals surface area (Å²) in [5, 5.41) is 19.1. The number of ether oxygens (including phenoxy) is 2. The smallest absolute Gasteiger partial charge is 0.339 e. The Balaban J connectivity index is 2.73. The highest BCUT2D eigenvalue weighted by Gasteiger charge is 2.27. The molecule has 0 unspecified atom stereocenters. The molecule has 0 saturated heterocycles. The summed E-state index contributed by atoms with van der Waals surface area (Å²) in [5.41, 5.74) is -1.79. The SMILES string of the molecule is CC(C)CCCCCCCOC(=O)c1cc(C(=O)OCCCCCCCC(C)C)c(C(=O)O)cc1C(=O)O.